The zero-order valence-electron chi connectivity index (χ0n) is 13.5. The van der Waals surface area contributed by atoms with Gasteiger partial charge in [-0.05, 0) is 49.2 Å². The third-order valence-corrected chi connectivity index (χ3v) is 3.50. The van der Waals surface area contributed by atoms with E-state index >= 15 is 0 Å². The molecule has 0 aliphatic rings. The normalized spacial score (nSPS) is 10.3. The van der Waals surface area contributed by atoms with Crippen LogP contribution in [0, 0.1) is 13.8 Å². The lowest BCUT2D eigenvalue weighted by atomic mass is 10.1. The lowest BCUT2D eigenvalue weighted by Crippen LogP contribution is -2.37. The molecule has 0 spiro atoms. The van der Waals surface area contributed by atoms with E-state index in [1.165, 1.54) is 7.05 Å². The summed E-state index contributed by atoms with van der Waals surface area (Å²) in [4.78, 5) is 11.8. The number of hydrogen-bond acceptors (Lipinski definition) is 4. The molecule has 2 amide bonds. The van der Waals surface area contributed by atoms with E-state index in [0.717, 1.165) is 21.7 Å². The molecule has 2 aromatic rings. The first-order valence-electron chi connectivity index (χ1n) is 7.19. The van der Waals surface area contributed by atoms with Crippen molar-refractivity contribution in [1.29, 1.82) is 0 Å². The van der Waals surface area contributed by atoms with Crippen molar-refractivity contribution in [3.63, 3.8) is 0 Å². The van der Waals surface area contributed by atoms with Crippen LogP contribution in [0.25, 0.3) is 0 Å². The molecule has 0 aliphatic carbocycles. The molecule has 0 atom stereocenters. The first kappa shape index (κ1) is 16.6. The van der Waals surface area contributed by atoms with Crippen LogP contribution in [0.3, 0.4) is 0 Å². The lowest BCUT2D eigenvalue weighted by Gasteiger charge is -2.17. The van der Waals surface area contributed by atoms with Gasteiger partial charge in [-0.1, -0.05) is 12.1 Å². The van der Waals surface area contributed by atoms with E-state index in [4.69, 9.17) is 10.6 Å². The number of nitrogens with one attached hydrogen (secondary N) is 1. The molecule has 0 aliphatic heterocycles. The first-order chi connectivity index (χ1) is 10.9. The molecule has 0 unspecified atom stereocenters. The summed E-state index contributed by atoms with van der Waals surface area (Å²) in [6.45, 7) is 4.10. The Bertz CT molecular complexity index is 714. The fraction of sp³-hybridized carbons (Fsp3) is 0.235. The second kappa shape index (κ2) is 7.02. The molecule has 6 nitrogen and oxygen atoms in total. The van der Waals surface area contributed by atoms with Gasteiger partial charge in [0.25, 0.3) is 0 Å². The summed E-state index contributed by atoms with van der Waals surface area (Å²) in [6, 6.07) is 10.1. The summed E-state index contributed by atoms with van der Waals surface area (Å²) >= 11 is 0. The van der Waals surface area contributed by atoms with Gasteiger partial charge >= 0.3 is 6.03 Å². The second-order valence-electron chi connectivity index (χ2n) is 5.38. The van der Waals surface area contributed by atoms with Crippen LogP contribution >= 0.6 is 0 Å². The van der Waals surface area contributed by atoms with Crippen molar-refractivity contribution in [3.05, 3.63) is 53.1 Å². The third kappa shape index (κ3) is 4.14. The van der Waals surface area contributed by atoms with Crippen LogP contribution in [0.2, 0.25) is 0 Å². The maximum absolute atomic E-state index is 11.8. The van der Waals surface area contributed by atoms with Crippen molar-refractivity contribution in [2.75, 3.05) is 12.4 Å². The van der Waals surface area contributed by atoms with Crippen molar-refractivity contribution >= 4 is 11.7 Å². The summed E-state index contributed by atoms with van der Waals surface area (Å²) in [5, 5.41) is 13.2. The summed E-state index contributed by atoms with van der Waals surface area (Å²) in [6.07, 6.45) is 0. The van der Waals surface area contributed by atoms with Crippen molar-refractivity contribution in [2.45, 2.75) is 20.5 Å². The minimum atomic E-state index is -0.405. The van der Waals surface area contributed by atoms with E-state index in [1.807, 2.05) is 26.0 Å². The number of amides is 2. The summed E-state index contributed by atoms with van der Waals surface area (Å²) < 4.78 is 5.83. The number of carbonyl (C=O) groups excluding carboxylic acids is 1. The largest absolute Gasteiger partial charge is 0.508 e. The molecule has 0 aromatic heterocycles. The van der Waals surface area contributed by atoms with Crippen LogP contribution in [-0.2, 0) is 6.61 Å². The molecule has 0 saturated heterocycles. The predicted molar refractivity (Wildman–Crippen MR) is 89.3 cm³/mol. The Morgan fingerprint density at radius 3 is 2.65 bits per heavy atom. The van der Waals surface area contributed by atoms with E-state index in [2.05, 4.69) is 5.32 Å². The van der Waals surface area contributed by atoms with Crippen molar-refractivity contribution in [3.8, 4) is 11.5 Å². The summed E-state index contributed by atoms with van der Waals surface area (Å²) in [7, 11) is 1.47. The van der Waals surface area contributed by atoms with Gasteiger partial charge in [0.05, 0.1) is 0 Å². The van der Waals surface area contributed by atoms with E-state index in [9.17, 15) is 9.90 Å². The van der Waals surface area contributed by atoms with E-state index in [-0.39, 0.29) is 5.75 Å². The monoisotopic (exact) mass is 315 g/mol. The van der Waals surface area contributed by atoms with Crippen LogP contribution in [0.1, 0.15) is 16.7 Å². The lowest BCUT2D eigenvalue weighted by molar-refractivity contribution is 0.223. The molecule has 122 valence electrons. The number of benzene rings is 2. The van der Waals surface area contributed by atoms with Crippen molar-refractivity contribution in [1.82, 2.24) is 5.01 Å². The maximum Gasteiger partial charge on any atom is 0.335 e. The van der Waals surface area contributed by atoms with Crippen LogP contribution in [0.5, 0.6) is 11.5 Å². The highest BCUT2D eigenvalue weighted by atomic mass is 16.5. The number of hydrogen-bond donors (Lipinski definition) is 3. The van der Waals surface area contributed by atoms with Crippen molar-refractivity contribution in [2.24, 2.45) is 5.84 Å². The van der Waals surface area contributed by atoms with Crippen LogP contribution < -0.4 is 15.9 Å². The Kier molecular flexibility index (Phi) is 5.08. The van der Waals surface area contributed by atoms with E-state index in [0.29, 0.717) is 18.0 Å². The molecule has 0 bridgehead atoms. The fourth-order valence-electron chi connectivity index (χ4n) is 2.16. The van der Waals surface area contributed by atoms with Gasteiger partial charge in [0.15, 0.2) is 0 Å². The van der Waals surface area contributed by atoms with Gasteiger partial charge in [0, 0.05) is 18.3 Å². The number of anilines is 1. The molecule has 4 N–H and O–H groups in total. The van der Waals surface area contributed by atoms with Crippen LogP contribution in [-0.4, -0.2) is 23.2 Å². The number of carbonyl (C=O) groups is 1. The number of aromatic hydroxyl groups is 1. The molecule has 6 heteroatoms. The number of nitrogens with two attached hydrogens (primary N) is 1. The standard InChI is InChI=1S/C17H21N3O3/c1-11-5-4-6-15(19-17(22)20(3)18)14(11)10-23-16-8-7-13(21)9-12(16)2/h4-9,21H,10,18H2,1-3H3,(H,19,22). The number of hydrazine groups is 1. The highest BCUT2D eigenvalue weighted by molar-refractivity contribution is 5.89. The number of urea groups is 1. The van der Waals surface area contributed by atoms with Crippen molar-refractivity contribution < 1.29 is 14.6 Å². The molecule has 23 heavy (non-hydrogen) atoms. The number of ether oxygens (including phenoxy) is 1. The van der Waals surface area contributed by atoms with E-state index in [1.54, 1.807) is 24.3 Å². The number of rotatable bonds is 4. The maximum atomic E-state index is 11.8. The minimum absolute atomic E-state index is 0.199. The smallest absolute Gasteiger partial charge is 0.335 e. The molecule has 0 saturated carbocycles. The molecular formula is C17H21N3O3. The SMILES string of the molecule is Cc1cc(O)ccc1OCc1c(C)cccc1NC(=O)N(C)N. The summed E-state index contributed by atoms with van der Waals surface area (Å²) in [5.41, 5.74) is 3.36. The molecule has 0 fully saturated rings. The predicted octanol–water partition coefficient (Wildman–Crippen LogP) is 2.93. The van der Waals surface area contributed by atoms with Gasteiger partial charge in [-0.2, -0.15) is 0 Å². The summed E-state index contributed by atoms with van der Waals surface area (Å²) in [5.74, 6) is 6.32. The van der Waals surface area contributed by atoms with Crippen LogP contribution in [0.4, 0.5) is 10.5 Å². The Hall–Kier alpha value is -2.73. The van der Waals surface area contributed by atoms with Gasteiger partial charge in [-0.25, -0.2) is 10.6 Å². The van der Waals surface area contributed by atoms with Gasteiger partial charge in [-0.3, -0.25) is 5.01 Å². The number of phenolic OH excluding ortho intramolecular Hbond substituents is 1. The number of aryl methyl sites for hydroxylation is 2. The fourth-order valence-corrected chi connectivity index (χ4v) is 2.16. The Morgan fingerprint density at radius 1 is 1.26 bits per heavy atom. The zero-order chi connectivity index (χ0) is 17.0. The van der Waals surface area contributed by atoms with E-state index < -0.39 is 6.03 Å². The molecule has 2 aromatic carbocycles. The third-order valence-electron chi connectivity index (χ3n) is 3.50. The van der Waals surface area contributed by atoms with Gasteiger partial charge in [-0.15, -0.1) is 0 Å². The Balaban J connectivity index is 2.20. The number of phenols is 1. The average molecular weight is 315 g/mol. The Morgan fingerprint density at radius 2 is 2.00 bits per heavy atom. The second-order valence-corrected chi connectivity index (χ2v) is 5.38. The zero-order valence-corrected chi connectivity index (χ0v) is 13.5. The molecular weight excluding hydrogens is 294 g/mol. The van der Waals surface area contributed by atoms with Gasteiger partial charge < -0.3 is 15.2 Å². The number of nitrogens with zero attached hydrogens (tertiary/aromatic N) is 1. The molecule has 0 heterocycles. The highest BCUT2D eigenvalue weighted by Crippen LogP contribution is 2.26. The minimum Gasteiger partial charge on any atom is -0.508 e. The molecule has 2 rings (SSSR count). The first-order valence-corrected chi connectivity index (χ1v) is 7.19. The van der Waals surface area contributed by atoms with Gasteiger partial charge in [0.2, 0.25) is 0 Å². The highest BCUT2D eigenvalue weighted by Gasteiger charge is 2.12. The average Bonchev–Trinajstić information content (AvgIpc) is 2.48. The van der Waals surface area contributed by atoms with Crippen LogP contribution in [0.15, 0.2) is 36.4 Å². The topological polar surface area (TPSA) is 87.8 Å². The Labute approximate surface area is 135 Å². The van der Waals surface area contributed by atoms with Gasteiger partial charge in [0.1, 0.15) is 18.1 Å². The molecule has 0 radical (unpaired) electrons. The quantitative estimate of drug-likeness (QED) is 0.460.